The van der Waals surface area contributed by atoms with Crippen LogP contribution in [0.1, 0.15) is 19.4 Å². The summed E-state index contributed by atoms with van der Waals surface area (Å²) in [5.41, 5.74) is -0.958. The van der Waals surface area contributed by atoms with Gasteiger partial charge in [0, 0.05) is 0 Å². The van der Waals surface area contributed by atoms with Crippen LogP contribution in [-0.2, 0) is 25.7 Å². The molecule has 0 aliphatic rings. The first kappa shape index (κ1) is 18.4. The molecule has 1 rings (SSSR count). The first-order chi connectivity index (χ1) is 9.99. The van der Waals surface area contributed by atoms with Crippen molar-refractivity contribution in [3.05, 3.63) is 29.8 Å². The number of carbonyl (C=O) groups is 1. The third kappa shape index (κ3) is 4.44. The van der Waals surface area contributed by atoms with E-state index in [9.17, 15) is 26.4 Å². The van der Waals surface area contributed by atoms with E-state index in [2.05, 4.69) is 9.46 Å². The van der Waals surface area contributed by atoms with E-state index in [-0.39, 0.29) is 4.90 Å². The number of hydrogen-bond acceptors (Lipinski definition) is 4. The molecular formula is C13H16F3NO4S. The molecule has 1 N–H and O–H groups in total. The number of carbonyl (C=O) groups excluding carboxylic acids is 1. The molecule has 0 radical (unpaired) electrons. The molecule has 124 valence electrons. The summed E-state index contributed by atoms with van der Waals surface area (Å²) in [6, 6.07) is 1.87. The number of rotatable bonds is 5. The molecule has 1 unspecified atom stereocenters. The van der Waals surface area contributed by atoms with Crippen LogP contribution in [0.2, 0.25) is 0 Å². The van der Waals surface area contributed by atoms with E-state index in [1.54, 1.807) is 13.8 Å². The van der Waals surface area contributed by atoms with Gasteiger partial charge in [0.05, 0.1) is 17.6 Å². The molecular weight excluding hydrogens is 323 g/mol. The van der Waals surface area contributed by atoms with Crippen LogP contribution in [0.25, 0.3) is 0 Å². The smallest absolute Gasteiger partial charge is 0.416 e. The molecule has 0 aliphatic heterocycles. The fourth-order valence-corrected chi connectivity index (χ4v) is 2.97. The van der Waals surface area contributed by atoms with Crippen molar-refractivity contribution in [2.75, 3.05) is 7.11 Å². The van der Waals surface area contributed by atoms with Crippen LogP contribution in [0.3, 0.4) is 0 Å². The number of hydrogen-bond donors (Lipinski definition) is 1. The highest BCUT2D eigenvalue weighted by atomic mass is 32.2. The average molecular weight is 339 g/mol. The van der Waals surface area contributed by atoms with E-state index < -0.39 is 39.7 Å². The van der Waals surface area contributed by atoms with Crippen molar-refractivity contribution in [2.45, 2.75) is 31.0 Å². The Morgan fingerprint density at radius 3 is 2.05 bits per heavy atom. The van der Waals surface area contributed by atoms with Gasteiger partial charge in [0.15, 0.2) is 0 Å². The first-order valence-electron chi connectivity index (χ1n) is 6.26. The molecule has 5 nitrogen and oxygen atoms in total. The Morgan fingerprint density at radius 2 is 1.68 bits per heavy atom. The normalized spacial score (nSPS) is 14.0. The minimum absolute atomic E-state index is 0.366. The van der Waals surface area contributed by atoms with Crippen molar-refractivity contribution >= 4 is 16.0 Å². The molecule has 9 heteroatoms. The predicted molar refractivity (Wildman–Crippen MR) is 72.4 cm³/mol. The number of alkyl halides is 3. The van der Waals surface area contributed by atoms with E-state index in [1.165, 1.54) is 0 Å². The highest BCUT2D eigenvalue weighted by molar-refractivity contribution is 7.89. The Kier molecular flexibility index (Phi) is 5.58. The summed E-state index contributed by atoms with van der Waals surface area (Å²) < 4.78 is 68.3. The van der Waals surface area contributed by atoms with Gasteiger partial charge >= 0.3 is 12.1 Å². The van der Waals surface area contributed by atoms with Crippen molar-refractivity contribution in [2.24, 2.45) is 5.92 Å². The van der Waals surface area contributed by atoms with Crippen molar-refractivity contribution in [3.63, 3.8) is 0 Å². The van der Waals surface area contributed by atoms with E-state index in [4.69, 9.17) is 0 Å². The number of ether oxygens (including phenoxy) is 1. The number of esters is 1. The second-order valence-electron chi connectivity index (χ2n) is 4.89. The summed E-state index contributed by atoms with van der Waals surface area (Å²) in [6.07, 6.45) is -4.55. The Balaban J connectivity index is 3.06. The SMILES string of the molecule is COC(=O)C(NS(=O)(=O)c1ccc(C(F)(F)F)cc1)C(C)C. The van der Waals surface area contributed by atoms with Gasteiger partial charge < -0.3 is 4.74 Å². The van der Waals surface area contributed by atoms with Crippen molar-refractivity contribution in [1.82, 2.24) is 4.72 Å². The number of nitrogens with one attached hydrogen (secondary N) is 1. The molecule has 0 fully saturated rings. The quantitative estimate of drug-likeness (QED) is 0.835. The summed E-state index contributed by atoms with van der Waals surface area (Å²) >= 11 is 0. The Bertz CT molecular complexity index is 624. The van der Waals surface area contributed by atoms with Gasteiger partial charge in [0.2, 0.25) is 10.0 Å². The number of halogens is 3. The first-order valence-corrected chi connectivity index (χ1v) is 7.74. The van der Waals surface area contributed by atoms with Crippen molar-refractivity contribution in [1.29, 1.82) is 0 Å². The minimum Gasteiger partial charge on any atom is -0.468 e. The summed E-state index contributed by atoms with van der Waals surface area (Å²) in [6.45, 7) is 3.22. The standard InChI is InChI=1S/C13H16F3NO4S/c1-8(2)11(12(18)21-3)17-22(19,20)10-6-4-9(5-7-10)13(14,15)16/h4-8,11,17H,1-3H3. The number of sulfonamides is 1. The molecule has 0 amide bonds. The molecule has 0 saturated carbocycles. The molecule has 0 aliphatic carbocycles. The van der Waals surface area contributed by atoms with E-state index >= 15 is 0 Å². The minimum atomic E-state index is -4.55. The summed E-state index contributed by atoms with van der Waals surface area (Å²) in [5.74, 6) is -1.16. The maximum atomic E-state index is 12.5. The lowest BCUT2D eigenvalue weighted by Crippen LogP contribution is -2.44. The van der Waals surface area contributed by atoms with Crippen LogP contribution in [0, 0.1) is 5.92 Å². The molecule has 0 aromatic heterocycles. The maximum absolute atomic E-state index is 12.5. The largest absolute Gasteiger partial charge is 0.468 e. The number of benzene rings is 1. The monoisotopic (exact) mass is 339 g/mol. The van der Waals surface area contributed by atoms with Gasteiger partial charge in [0.1, 0.15) is 6.04 Å². The lowest BCUT2D eigenvalue weighted by atomic mass is 10.1. The Labute approximate surface area is 126 Å². The second-order valence-corrected chi connectivity index (χ2v) is 6.60. The van der Waals surface area contributed by atoms with Crippen LogP contribution in [0.5, 0.6) is 0 Å². The zero-order valence-electron chi connectivity index (χ0n) is 12.1. The van der Waals surface area contributed by atoms with Gasteiger partial charge in [-0.2, -0.15) is 17.9 Å². The van der Waals surface area contributed by atoms with Crippen molar-refractivity contribution < 1.29 is 31.1 Å². The Morgan fingerprint density at radius 1 is 1.18 bits per heavy atom. The van der Waals surface area contributed by atoms with Crippen molar-refractivity contribution in [3.8, 4) is 0 Å². The van der Waals surface area contributed by atoms with Crippen LogP contribution in [-0.4, -0.2) is 27.5 Å². The summed E-state index contributed by atoms with van der Waals surface area (Å²) in [7, 11) is -3.02. The topological polar surface area (TPSA) is 72.5 Å². The highest BCUT2D eigenvalue weighted by Crippen LogP contribution is 2.29. The van der Waals surface area contributed by atoms with Crippen LogP contribution in [0.15, 0.2) is 29.2 Å². The van der Waals surface area contributed by atoms with Crippen LogP contribution in [0.4, 0.5) is 13.2 Å². The maximum Gasteiger partial charge on any atom is 0.416 e. The summed E-state index contributed by atoms with van der Waals surface area (Å²) in [4.78, 5) is 11.2. The average Bonchev–Trinajstić information content (AvgIpc) is 2.43. The van der Waals surface area contributed by atoms with Crippen LogP contribution < -0.4 is 4.72 Å². The summed E-state index contributed by atoms with van der Waals surface area (Å²) in [5, 5.41) is 0. The van der Waals surface area contributed by atoms with Gasteiger partial charge in [0.25, 0.3) is 0 Å². The van der Waals surface area contributed by atoms with Gasteiger partial charge in [-0.25, -0.2) is 8.42 Å². The Hall–Kier alpha value is -1.61. The molecule has 1 aromatic rings. The molecule has 0 saturated heterocycles. The predicted octanol–water partition coefficient (Wildman–Crippen LogP) is 2.18. The molecule has 0 spiro atoms. The third-order valence-electron chi connectivity index (χ3n) is 2.90. The zero-order valence-corrected chi connectivity index (χ0v) is 13.0. The fourth-order valence-electron chi connectivity index (χ4n) is 1.64. The lowest BCUT2D eigenvalue weighted by Gasteiger charge is -2.19. The second kappa shape index (κ2) is 6.66. The fraction of sp³-hybridized carbons (Fsp3) is 0.462. The van der Waals surface area contributed by atoms with Crippen LogP contribution >= 0.6 is 0 Å². The molecule has 22 heavy (non-hydrogen) atoms. The van der Waals surface area contributed by atoms with Gasteiger partial charge in [-0.1, -0.05) is 13.8 Å². The van der Waals surface area contributed by atoms with E-state index in [0.29, 0.717) is 12.1 Å². The molecule has 0 bridgehead atoms. The lowest BCUT2D eigenvalue weighted by molar-refractivity contribution is -0.143. The highest BCUT2D eigenvalue weighted by Gasteiger charge is 2.32. The molecule has 1 atom stereocenters. The molecule has 0 heterocycles. The van der Waals surface area contributed by atoms with Gasteiger partial charge in [-0.05, 0) is 30.2 Å². The van der Waals surface area contributed by atoms with Gasteiger partial charge in [-0.15, -0.1) is 0 Å². The van der Waals surface area contributed by atoms with E-state index in [0.717, 1.165) is 19.2 Å². The third-order valence-corrected chi connectivity index (χ3v) is 4.35. The molecule has 1 aromatic carbocycles. The van der Waals surface area contributed by atoms with E-state index in [1.807, 2.05) is 0 Å². The number of methoxy groups -OCH3 is 1. The zero-order chi connectivity index (χ0) is 17.1. The van der Waals surface area contributed by atoms with Gasteiger partial charge in [-0.3, -0.25) is 4.79 Å².